The van der Waals surface area contributed by atoms with Crippen molar-refractivity contribution in [3.8, 4) is 22.9 Å². The molecule has 148 valence electrons. The number of nitrogens with two attached hydrogens (primary N) is 1. The zero-order valence-corrected chi connectivity index (χ0v) is 17.0. The molecule has 3 rings (SSSR count). The summed E-state index contributed by atoms with van der Waals surface area (Å²) in [6.45, 7) is 2.98. The van der Waals surface area contributed by atoms with E-state index >= 15 is 0 Å². The Morgan fingerprint density at radius 3 is 2.54 bits per heavy atom. The second-order valence-electron chi connectivity index (χ2n) is 7.63. The number of hydrogen-bond donors (Lipinski definition) is 1. The lowest BCUT2D eigenvalue weighted by molar-refractivity contribution is 0.304. The monoisotopic (exact) mass is 377 g/mol. The van der Waals surface area contributed by atoms with Crippen molar-refractivity contribution in [1.82, 2.24) is 4.98 Å². The molecule has 1 aliphatic rings. The average molecular weight is 378 g/mol. The maximum atomic E-state index is 9.70. The summed E-state index contributed by atoms with van der Waals surface area (Å²) in [5.74, 6) is 1.23. The fourth-order valence-electron chi connectivity index (χ4n) is 3.98. The molecule has 0 saturated heterocycles. The summed E-state index contributed by atoms with van der Waals surface area (Å²) in [5.41, 5.74) is 10.9. The summed E-state index contributed by atoms with van der Waals surface area (Å²) in [4.78, 5) is 4.55. The highest BCUT2D eigenvalue weighted by Gasteiger charge is 2.21. The van der Waals surface area contributed by atoms with Crippen LogP contribution in [0.4, 0.5) is 5.82 Å². The first kappa shape index (κ1) is 20.2. The number of aromatic nitrogens is 1. The maximum absolute atomic E-state index is 9.70. The largest absolute Gasteiger partial charge is 0.494 e. The van der Waals surface area contributed by atoms with Gasteiger partial charge in [0.1, 0.15) is 23.2 Å². The Morgan fingerprint density at radius 1 is 1.04 bits per heavy atom. The second kappa shape index (κ2) is 10.1. The number of fused-ring (bicyclic) bond motifs is 1. The lowest BCUT2D eigenvalue weighted by Gasteiger charge is -2.16. The van der Waals surface area contributed by atoms with Gasteiger partial charge in [-0.2, -0.15) is 5.26 Å². The molecule has 0 spiro atoms. The summed E-state index contributed by atoms with van der Waals surface area (Å²) >= 11 is 0. The van der Waals surface area contributed by atoms with Gasteiger partial charge in [-0.05, 0) is 55.4 Å². The number of nitrogens with zero attached hydrogens (tertiary/aromatic N) is 2. The smallest absolute Gasteiger partial charge is 0.142 e. The molecule has 0 amide bonds. The first-order chi connectivity index (χ1) is 13.7. The lowest BCUT2D eigenvalue weighted by Crippen LogP contribution is -2.07. The highest BCUT2D eigenvalue weighted by Crippen LogP contribution is 2.36. The van der Waals surface area contributed by atoms with E-state index in [4.69, 9.17) is 10.5 Å². The van der Waals surface area contributed by atoms with E-state index in [0.717, 1.165) is 61.3 Å². The molecule has 0 saturated carbocycles. The number of unbranched alkanes of at least 4 members (excludes halogenated alkanes) is 4. The summed E-state index contributed by atoms with van der Waals surface area (Å²) in [7, 11) is 0. The predicted molar refractivity (Wildman–Crippen MR) is 114 cm³/mol. The Labute approximate surface area is 168 Å². The van der Waals surface area contributed by atoms with Gasteiger partial charge in [-0.1, -0.05) is 51.2 Å². The molecule has 0 fully saturated rings. The SMILES string of the molecule is CCCCCCCOc1ccc(-c2c(C#N)c(N)nc3c2CCCCC3)cc1. The van der Waals surface area contributed by atoms with Crippen LogP contribution in [0.2, 0.25) is 0 Å². The van der Waals surface area contributed by atoms with Gasteiger partial charge in [0.05, 0.1) is 6.61 Å². The number of aryl methyl sites for hydroxylation is 1. The molecule has 1 aliphatic carbocycles. The first-order valence-electron chi connectivity index (χ1n) is 10.7. The molecule has 1 heterocycles. The van der Waals surface area contributed by atoms with Gasteiger partial charge in [0, 0.05) is 11.3 Å². The fourth-order valence-corrected chi connectivity index (χ4v) is 3.98. The molecular formula is C24H31N3O. The van der Waals surface area contributed by atoms with E-state index in [1.807, 2.05) is 24.3 Å². The van der Waals surface area contributed by atoms with Crippen molar-refractivity contribution in [3.05, 3.63) is 41.1 Å². The van der Waals surface area contributed by atoms with Crippen LogP contribution in [0.1, 0.15) is 75.1 Å². The molecule has 1 aromatic carbocycles. The Bertz CT molecular complexity index is 821. The number of ether oxygens (including phenoxy) is 1. The van der Waals surface area contributed by atoms with Crippen molar-refractivity contribution in [2.24, 2.45) is 0 Å². The fraction of sp³-hybridized carbons (Fsp3) is 0.500. The van der Waals surface area contributed by atoms with Gasteiger partial charge in [0.25, 0.3) is 0 Å². The minimum Gasteiger partial charge on any atom is -0.494 e. The van der Waals surface area contributed by atoms with E-state index in [-0.39, 0.29) is 0 Å². The number of nitriles is 1. The van der Waals surface area contributed by atoms with E-state index < -0.39 is 0 Å². The molecule has 1 aromatic heterocycles. The van der Waals surface area contributed by atoms with Crippen molar-refractivity contribution in [2.75, 3.05) is 12.3 Å². The van der Waals surface area contributed by atoms with Crippen molar-refractivity contribution < 1.29 is 4.74 Å². The summed E-state index contributed by atoms with van der Waals surface area (Å²) in [6.07, 6.45) is 11.5. The lowest BCUT2D eigenvalue weighted by atomic mass is 9.92. The molecule has 4 heteroatoms. The zero-order valence-electron chi connectivity index (χ0n) is 17.0. The Hall–Kier alpha value is -2.54. The van der Waals surface area contributed by atoms with Gasteiger partial charge in [-0.15, -0.1) is 0 Å². The van der Waals surface area contributed by atoms with Crippen LogP contribution in [0.5, 0.6) is 5.75 Å². The topological polar surface area (TPSA) is 71.9 Å². The minimum absolute atomic E-state index is 0.352. The summed E-state index contributed by atoms with van der Waals surface area (Å²) in [5, 5.41) is 9.70. The van der Waals surface area contributed by atoms with E-state index in [1.165, 1.54) is 37.7 Å². The quantitative estimate of drug-likeness (QED) is 0.465. The number of pyridine rings is 1. The van der Waals surface area contributed by atoms with Crippen molar-refractivity contribution in [1.29, 1.82) is 5.26 Å². The molecular weight excluding hydrogens is 346 g/mol. The van der Waals surface area contributed by atoms with Gasteiger partial charge >= 0.3 is 0 Å². The molecule has 2 aromatic rings. The molecule has 0 bridgehead atoms. The van der Waals surface area contributed by atoms with Crippen LogP contribution in [0, 0.1) is 11.3 Å². The Morgan fingerprint density at radius 2 is 1.79 bits per heavy atom. The second-order valence-corrected chi connectivity index (χ2v) is 7.63. The van der Waals surface area contributed by atoms with E-state index in [1.54, 1.807) is 0 Å². The van der Waals surface area contributed by atoms with E-state index in [9.17, 15) is 5.26 Å². The van der Waals surface area contributed by atoms with Crippen LogP contribution < -0.4 is 10.5 Å². The Kier molecular flexibility index (Phi) is 7.31. The van der Waals surface area contributed by atoms with Crippen molar-refractivity contribution >= 4 is 5.82 Å². The van der Waals surface area contributed by atoms with Crippen LogP contribution in [-0.4, -0.2) is 11.6 Å². The highest BCUT2D eigenvalue weighted by atomic mass is 16.5. The van der Waals surface area contributed by atoms with Gasteiger partial charge in [0.2, 0.25) is 0 Å². The highest BCUT2D eigenvalue weighted by molar-refractivity contribution is 5.79. The third-order valence-electron chi connectivity index (χ3n) is 5.52. The van der Waals surface area contributed by atoms with Crippen LogP contribution in [0.3, 0.4) is 0 Å². The average Bonchev–Trinajstić information content (AvgIpc) is 2.95. The molecule has 4 nitrogen and oxygen atoms in total. The number of rotatable bonds is 8. The molecule has 0 radical (unpaired) electrons. The minimum atomic E-state index is 0.352. The third kappa shape index (κ3) is 4.84. The maximum Gasteiger partial charge on any atom is 0.142 e. The van der Waals surface area contributed by atoms with Crippen molar-refractivity contribution in [3.63, 3.8) is 0 Å². The number of nitrogen functional groups attached to an aromatic ring is 1. The molecule has 28 heavy (non-hydrogen) atoms. The molecule has 0 aliphatic heterocycles. The predicted octanol–water partition coefficient (Wildman–Crippen LogP) is 5.82. The number of hydrogen-bond acceptors (Lipinski definition) is 4. The van der Waals surface area contributed by atoms with Gasteiger partial charge in [-0.3, -0.25) is 0 Å². The van der Waals surface area contributed by atoms with E-state index in [2.05, 4.69) is 18.0 Å². The standard InChI is InChI=1S/C24H31N3O/c1-2-3-4-5-9-16-28-19-14-12-18(13-15-19)23-20-10-7-6-8-11-22(20)27-24(26)21(23)17-25/h12-15H,2-11,16H2,1H3,(H2,26,27). The van der Waals surface area contributed by atoms with Gasteiger partial charge in [-0.25, -0.2) is 4.98 Å². The van der Waals surface area contributed by atoms with Crippen LogP contribution in [-0.2, 0) is 12.8 Å². The van der Waals surface area contributed by atoms with Gasteiger partial charge < -0.3 is 10.5 Å². The molecule has 0 atom stereocenters. The van der Waals surface area contributed by atoms with E-state index in [0.29, 0.717) is 11.4 Å². The normalized spacial score (nSPS) is 13.4. The molecule has 2 N–H and O–H groups in total. The first-order valence-corrected chi connectivity index (χ1v) is 10.7. The summed E-state index contributed by atoms with van der Waals surface area (Å²) < 4.78 is 5.89. The van der Waals surface area contributed by atoms with Crippen LogP contribution >= 0.6 is 0 Å². The third-order valence-corrected chi connectivity index (χ3v) is 5.52. The number of anilines is 1. The van der Waals surface area contributed by atoms with Crippen LogP contribution in [0.15, 0.2) is 24.3 Å². The Balaban J connectivity index is 1.78. The van der Waals surface area contributed by atoms with Gasteiger partial charge in [0.15, 0.2) is 0 Å². The van der Waals surface area contributed by atoms with Crippen LogP contribution in [0.25, 0.3) is 11.1 Å². The summed E-state index contributed by atoms with van der Waals surface area (Å²) in [6, 6.07) is 10.4. The van der Waals surface area contributed by atoms with Crippen molar-refractivity contribution in [2.45, 2.75) is 71.1 Å². The zero-order chi connectivity index (χ0) is 19.8. The molecule has 0 unspecified atom stereocenters. The number of benzene rings is 1.